The van der Waals surface area contributed by atoms with E-state index in [1.807, 2.05) is 4.90 Å². The Hall–Kier alpha value is -1.05. The van der Waals surface area contributed by atoms with Gasteiger partial charge in [-0.1, -0.05) is 11.6 Å². The molecule has 118 valence electrons. The minimum atomic E-state index is -4.44. The second-order valence-electron chi connectivity index (χ2n) is 4.93. The maximum Gasteiger partial charge on any atom is 0.417 e. The number of aromatic nitrogens is 1. The summed E-state index contributed by atoms with van der Waals surface area (Å²) in [4.78, 5) is 7.88. The Morgan fingerprint density at radius 3 is 2.62 bits per heavy atom. The minimum Gasteiger partial charge on any atom is -0.395 e. The first-order valence-corrected chi connectivity index (χ1v) is 7.10. The monoisotopic (exact) mass is 323 g/mol. The molecule has 1 aromatic heterocycles. The number of β-amino-alcohol motifs (C(OH)–C–C–N with tert-alkyl or cyclic N) is 1. The molecular formula is C13H17ClF3N3O. The smallest absolute Gasteiger partial charge is 0.395 e. The highest BCUT2D eigenvalue weighted by atomic mass is 35.5. The summed E-state index contributed by atoms with van der Waals surface area (Å²) in [6.45, 7) is 3.56. The van der Waals surface area contributed by atoms with Gasteiger partial charge in [0.25, 0.3) is 0 Å². The van der Waals surface area contributed by atoms with E-state index in [9.17, 15) is 13.2 Å². The largest absolute Gasteiger partial charge is 0.417 e. The zero-order valence-electron chi connectivity index (χ0n) is 11.4. The normalized spacial score (nSPS) is 17.9. The van der Waals surface area contributed by atoms with Gasteiger partial charge in [0.1, 0.15) is 5.82 Å². The van der Waals surface area contributed by atoms with Crippen molar-refractivity contribution in [3.05, 3.63) is 22.8 Å². The molecule has 0 unspecified atom stereocenters. The first-order valence-electron chi connectivity index (χ1n) is 6.72. The number of aliphatic hydroxyl groups excluding tert-OH is 1. The van der Waals surface area contributed by atoms with Crippen molar-refractivity contribution in [3.8, 4) is 0 Å². The summed E-state index contributed by atoms with van der Waals surface area (Å²) in [5, 5.41) is 8.96. The van der Waals surface area contributed by atoms with E-state index in [2.05, 4.69) is 9.88 Å². The molecule has 0 radical (unpaired) electrons. The van der Waals surface area contributed by atoms with Crippen molar-refractivity contribution in [1.29, 1.82) is 0 Å². The number of nitrogens with zero attached hydrogens (tertiary/aromatic N) is 3. The lowest BCUT2D eigenvalue weighted by atomic mass is 10.2. The van der Waals surface area contributed by atoms with Crippen LogP contribution in [0.25, 0.3) is 0 Å². The number of anilines is 1. The average molecular weight is 324 g/mol. The van der Waals surface area contributed by atoms with Crippen LogP contribution in [0.2, 0.25) is 5.02 Å². The Morgan fingerprint density at radius 1 is 1.24 bits per heavy atom. The van der Waals surface area contributed by atoms with Gasteiger partial charge in [-0.3, -0.25) is 4.90 Å². The summed E-state index contributed by atoms with van der Waals surface area (Å²) in [5.74, 6) is 0.385. The second kappa shape index (κ2) is 6.81. The Bertz CT molecular complexity index is 484. The summed E-state index contributed by atoms with van der Waals surface area (Å²) in [6, 6.07) is 0.917. The lowest BCUT2D eigenvalue weighted by Gasteiger charge is -2.23. The third kappa shape index (κ3) is 4.21. The predicted octanol–water partition coefficient (Wildman–Crippen LogP) is 2.26. The van der Waals surface area contributed by atoms with Gasteiger partial charge >= 0.3 is 6.18 Å². The van der Waals surface area contributed by atoms with Crippen molar-refractivity contribution in [2.75, 3.05) is 44.2 Å². The minimum absolute atomic E-state index is 0.0143. The van der Waals surface area contributed by atoms with E-state index in [1.165, 1.54) is 0 Å². The van der Waals surface area contributed by atoms with Gasteiger partial charge in [-0.25, -0.2) is 4.98 Å². The van der Waals surface area contributed by atoms with Crippen LogP contribution in [0, 0.1) is 0 Å². The van der Waals surface area contributed by atoms with Crippen LogP contribution >= 0.6 is 11.6 Å². The van der Waals surface area contributed by atoms with Crippen LogP contribution in [0.3, 0.4) is 0 Å². The molecule has 0 saturated carbocycles. The first kappa shape index (κ1) is 16.3. The molecule has 0 atom stereocenters. The Morgan fingerprint density at radius 2 is 2.00 bits per heavy atom. The van der Waals surface area contributed by atoms with Gasteiger partial charge in [0.2, 0.25) is 0 Å². The Labute approximate surface area is 126 Å². The summed E-state index contributed by atoms with van der Waals surface area (Å²) < 4.78 is 37.8. The zero-order valence-corrected chi connectivity index (χ0v) is 12.2. The number of aliphatic hydroxyl groups is 1. The summed E-state index contributed by atoms with van der Waals surface area (Å²) in [7, 11) is 0. The van der Waals surface area contributed by atoms with E-state index in [4.69, 9.17) is 16.7 Å². The van der Waals surface area contributed by atoms with Gasteiger partial charge in [0.05, 0.1) is 17.2 Å². The first-order chi connectivity index (χ1) is 9.91. The second-order valence-corrected chi connectivity index (χ2v) is 5.34. The van der Waals surface area contributed by atoms with Crippen molar-refractivity contribution in [1.82, 2.24) is 9.88 Å². The van der Waals surface area contributed by atoms with Crippen LogP contribution in [-0.2, 0) is 6.18 Å². The van der Waals surface area contributed by atoms with Gasteiger partial charge in [0, 0.05) is 32.4 Å². The highest BCUT2D eigenvalue weighted by Crippen LogP contribution is 2.33. The SMILES string of the molecule is OCCN1CCCN(c2ncc(C(F)(F)F)cc2Cl)CC1. The van der Waals surface area contributed by atoms with Gasteiger partial charge in [-0.2, -0.15) is 13.2 Å². The van der Waals surface area contributed by atoms with Crippen molar-refractivity contribution < 1.29 is 18.3 Å². The predicted molar refractivity (Wildman–Crippen MR) is 74.6 cm³/mol. The molecule has 0 bridgehead atoms. The third-order valence-corrected chi connectivity index (χ3v) is 3.73. The van der Waals surface area contributed by atoms with Crippen molar-refractivity contribution in [2.24, 2.45) is 0 Å². The lowest BCUT2D eigenvalue weighted by molar-refractivity contribution is -0.137. The maximum atomic E-state index is 12.6. The van der Waals surface area contributed by atoms with Gasteiger partial charge in [-0.05, 0) is 19.0 Å². The summed E-state index contributed by atoms with van der Waals surface area (Å²) in [6.07, 6.45) is -2.78. The van der Waals surface area contributed by atoms with E-state index < -0.39 is 11.7 Å². The van der Waals surface area contributed by atoms with Crippen molar-refractivity contribution in [2.45, 2.75) is 12.6 Å². The zero-order chi connectivity index (χ0) is 15.5. The third-order valence-electron chi connectivity index (χ3n) is 3.45. The van der Waals surface area contributed by atoms with Crippen molar-refractivity contribution >= 4 is 17.4 Å². The van der Waals surface area contributed by atoms with E-state index in [0.29, 0.717) is 25.5 Å². The number of hydrogen-bond acceptors (Lipinski definition) is 4. The molecule has 21 heavy (non-hydrogen) atoms. The molecule has 8 heteroatoms. The molecule has 1 fully saturated rings. The van der Waals surface area contributed by atoms with E-state index in [1.54, 1.807) is 0 Å². The number of hydrogen-bond donors (Lipinski definition) is 1. The van der Waals surface area contributed by atoms with Gasteiger partial charge in [0.15, 0.2) is 0 Å². The highest BCUT2D eigenvalue weighted by molar-refractivity contribution is 6.33. The van der Waals surface area contributed by atoms with E-state index >= 15 is 0 Å². The van der Waals surface area contributed by atoms with Crippen LogP contribution in [0.1, 0.15) is 12.0 Å². The molecule has 0 amide bonds. The maximum absolute atomic E-state index is 12.6. The average Bonchev–Trinajstić information content (AvgIpc) is 2.64. The standard InChI is InChI=1S/C13H17ClF3N3O/c14-11-8-10(13(15,16)17)9-18-12(11)20-3-1-2-19(4-5-20)6-7-21/h8-9,21H,1-7H2. The number of alkyl halides is 3. The molecular weight excluding hydrogens is 307 g/mol. The highest BCUT2D eigenvalue weighted by Gasteiger charge is 2.32. The molecule has 1 N–H and O–H groups in total. The fourth-order valence-corrected chi connectivity index (χ4v) is 2.65. The molecule has 2 rings (SSSR count). The number of pyridine rings is 1. The molecule has 4 nitrogen and oxygen atoms in total. The number of halogens is 4. The van der Waals surface area contributed by atoms with E-state index in [-0.39, 0.29) is 11.6 Å². The van der Waals surface area contributed by atoms with Crippen LogP contribution in [0.5, 0.6) is 0 Å². The molecule has 0 aromatic carbocycles. The van der Waals surface area contributed by atoms with Gasteiger partial charge < -0.3 is 10.0 Å². The van der Waals surface area contributed by atoms with E-state index in [0.717, 1.165) is 31.8 Å². The molecule has 1 aliphatic heterocycles. The van der Waals surface area contributed by atoms with Crippen LogP contribution in [-0.4, -0.2) is 54.3 Å². The molecule has 0 spiro atoms. The van der Waals surface area contributed by atoms with Crippen LogP contribution in [0.4, 0.5) is 19.0 Å². The van der Waals surface area contributed by atoms with Crippen molar-refractivity contribution in [3.63, 3.8) is 0 Å². The molecule has 1 aliphatic rings. The molecule has 1 aromatic rings. The van der Waals surface area contributed by atoms with Crippen LogP contribution in [0.15, 0.2) is 12.3 Å². The molecule has 2 heterocycles. The topological polar surface area (TPSA) is 39.6 Å². The number of rotatable bonds is 3. The Kier molecular flexibility index (Phi) is 5.29. The fourth-order valence-electron chi connectivity index (χ4n) is 2.37. The molecule has 1 saturated heterocycles. The quantitative estimate of drug-likeness (QED) is 0.926. The fraction of sp³-hybridized carbons (Fsp3) is 0.615. The summed E-state index contributed by atoms with van der Waals surface area (Å²) in [5.41, 5.74) is -0.840. The lowest BCUT2D eigenvalue weighted by Crippen LogP contribution is -2.32. The Balaban J connectivity index is 2.11. The van der Waals surface area contributed by atoms with Crippen LogP contribution < -0.4 is 4.90 Å². The molecule has 0 aliphatic carbocycles. The van der Waals surface area contributed by atoms with Gasteiger partial charge in [-0.15, -0.1) is 0 Å². The summed E-state index contributed by atoms with van der Waals surface area (Å²) >= 11 is 5.96.